The maximum absolute atomic E-state index is 8.88. The second-order valence-electron chi connectivity index (χ2n) is 0.513. The minimum absolute atomic E-state index is 0. The van der Waals surface area contributed by atoms with Crippen molar-refractivity contribution >= 4 is 77.0 Å². The Morgan fingerprint density at radius 2 is 1.12 bits per heavy atom. The molecule has 0 amide bonds. The van der Waals surface area contributed by atoms with Crippen molar-refractivity contribution in [3.63, 3.8) is 0 Å². The Balaban J connectivity index is -0.0000000267. The molecule has 0 heterocycles. The van der Waals surface area contributed by atoms with Gasteiger partial charge in [-0.25, -0.2) is 4.57 Å². The summed E-state index contributed by atoms with van der Waals surface area (Å²) in [5.41, 5.74) is 0. The van der Waals surface area contributed by atoms with Crippen molar-refractivity contribution in [2.75, 3.05) is 0 Å². The van der Waals surface area contributed by atoms with Crippen molar-refractivity contribution < 1.29 is 19.2 Å². The van der Waals surface area contributed by atoms with Gasteiger partial charge in [-0.3, -0.25) is 0 Å². The van der Waals surface area contributed by atoms with Gasteiger partial charge >= 0.3 is 77.0 Å². The first-order valence-electron chi connectivity index (χ1n) is 0.783. The van der Waals surface area contributed by atoms with Gasteiger partial charge in [0.2, 0.25) is 0 Å². The molecule has 0 aliphatic rings. The van der Waals surface area contributed by atoms with Crippen LogP contribution in [0.3, 0.4) is 0 Å². The Bertz CT molecular complexity index is 62.2. The van der Waals surface area contributed by atoms with E-state index in [-0.39, 0.29) is 69.2 Å². The summed E-state index contributed by atoms with van der Waals surface area (Å²) in [6, 6.07) is 0. The van der Waals surface area contributed by atoms with Crippen LogP contribution in [0, 0.1) is 0 Å². The predicted molar refractivity (Wildman–Crippen MR) is 38.5 cm³/mol. The van der Waals surface area contributed by atoms with Gasteiger partial charge in [-0.2, -0.15) is 0 Å². The molecule has 8 heavy (non-hydrogen) atoms. The predicted octanol–water partition coefficient (Wildman–Crippen LogP) is -3.41. The molecule has 0 aromatic carbocycles. The third kappa shape index (κ3) is 80.0. The molecule has 0 rings (SSSR count). The van der Waals surface area contributed by atoms with Gasteiger partial charge < -0.3 is 14.7 Å². The van der Waals surface area contributed by atoms with Crippen LogP contribution < -0.4 is 0 Å². The van der Waals surface area contributed by atoms with Crippen LogP contribution in [0.1, 0.15) is 0 Å². The van der Waals surface area contributed by atoms with Crippen LogP contribution in [0.2, 0.25) is 0 Å². The zero-order valence-corrected chi connectivity index (χ0v) is 9.30. The average Bonchev–Trinajstić information content (AvgIpc) is 0.722. The van der Waals surface area contributed by atoms with Crippen molar-refractivity contribution in [2.45, 2.75) is 0 Å². The van der Waals surface area contributed by atoms with Crippen LogP contribution in [-0.4, -0.2) is 83.9 Å². The van der Waals surface area contributed by atoms with Crippen LogP contribution in [-0.2, 0) is 4.57 Å². The van der Waals surface area contributed by atoms with E-state index in [0.717, 1.165) is 0 Å². The van der Waals surface area contributed by atoms with Gasteiger partial charge in [-0.15, -0.1) is 0 Å². The van der Waals surface area contributed by atoms with Crippen LogP contribution in [0.25, 0.3) is 0 Å². The Labute approximate surface area is 95.2 Å². The first-order chi connectivity index (χ1) is 2.00. The summed E-state index contributed by atoms with van der Waals surface area (Å²) in [6.45, 7) is 0. The van der Waals surface area contributed by atoms with E-state index in [9.17, 15) is 0 Å². The van der Waals surface area contributed by atoms with Gasteiger partial charge in [0.25, 0.3) is 0 Å². The van der Waals surface area contributed by atoms with E-state index in [4.69, 9.17) is 19.2 Å². The summed E-state index contributed by atoms with van der Waals surface area (Å²) in [6.07, 6.45) is 0. The monoisotopic (exact) mass is 342 g/mol. The van der Waals surface area contributed by atoms with E-state index >= 15 is 0 Å². The molecule has 0 saturated heterocycles. The van der Waals surface area contributed by atoms with Crippen molar-refractivity contribution in [3.8, 4) is 0 Å². The van der Waals surface area contributed by atoms with Gasteiger partial charge in [-0.1, -0.05) is 0 Å². The fourth-order valence-corrected chi connectivity index (χ4v) is 0. The normalized spacial score (nSPS) is 7.38. The fourth-order valence-electron chi connectivity index (χ4n) is 0. The van der Waals surface area contributed by atoms with Gasteiger partial charge in [0.05, 0.1) is 0 Å². The summed E-state index contributed by atoms with van der Waals surface area (Å²) in [4.78, 5) is 21.6. The number of phosphoric acid groups is 1. The van der Waals surface area contributed by atoms with Crippen LogP contribution in [0.5, 0.6) is 0 Å². The minimum atomic E-state index is -4.64. The molecule has 8 heteroatoms. The zero-order valence-electron chi connectivity index (χ0n) is 2.90. The molecule has 4 nitrogen and oxygen atoms in total. The quantitative estimate of drug-likeness (QED) is 0.317. The molecule has 0 saturated carbocycles. The second kappa shape index (κ2) is 9.40. The second-order valence-corrected chi connectivity index (χ2v) is 1.54. The molecule has 0 aromatic rings. The van der Waals surface area contributed by atoms with E-state index in [1.165, 1.54) is 0 Å². The Morgan fingerprint density at radius 1 is 1.12 bits per heavy atom. The Kier molecular flexibility index (Phi) is 26.3. The fraction of sp³-hybridized carbons (Fsp3) is 0. The zero-order chi connectivity index (χ0) is 4.50. The number of hydrogen-bond donors (Lipinski definition) is 3. The van der Waals surface area contributed by atoms with Gasteiger partial charge in [0.1, 0.15) is 0 Å². The maximum atomic E-state index is 8.88. The Hall–Kier alpha value is 2.40. The van der Waals surface area contributed by atoms with Crippen LogP contribution in [0.4, 0.5) is 0 Å². The van der Waals surface area contributed by atoms with E-state index in [2.05, 4.69) is 0 Å². The molecule has 0 bridgehead atoms. The van der Waals surface area contributed by atoms with Crippen molar-refractivity contribution in [1.29, 1.82) is 0 Å². The topological polar surface area (TPSA) is 77.8 Å². The van der Waals surface area contributed by atoms with E-state index in [1.54, 1.807) is 0 Å². The molecule has 0 atom stereocenters. The van der Waals surface area contributed by atoms with Crippen molar-refractivity contribution in [3.05, 3.63) is 0 Å². The van der Waals surface area contributed by atoms with Crippen molar-refractivity contribution in [1.82, 2.24) is 0 Å². The number of rotatable bonds is 0. The SMILES string of the molecule is O=P(O)(O)O.[LiH].[MgH2].[PbH2]. The summed E-state index contributed by atoms with van der Waals surface area (Å²) >= 11 is 0. The van der Waals surface area contributed by atoms with Gasteiger partial charge in [0, 0.05) is 0 Å². The molecule has 0 fully saturated rings. The van der Waals surface area contributed by atoms with E-state index < -0.39 is 7.82 Å². The molecule has 0 aliphatic heterocycles. The molecular formula is H8LiMgO4PPb. The van der Waals surface area contributed by atoms with E-state index in [0.29, 0.717) is 0 Å². The first-order valence-corrected chi connectivity index (χ1v) is 2.35. The number of hydrogen-bond acceptors (Lipinski definition) is 1. The van der Waals surface area contributed by atoms with Crippen LogP contribution in [0.15, 0.2) is 0 Å². The summed E-state index contributed by atoms with van der Waals surface area (Å²) < 4.78 is 8.88. The van der Waals surface area contributed by atoms with Crippen molar-refractivity contribution in [2.24, 2.45) is 0 Å². The van der Waals surface area contributed by atoms with Gasteiger partial charge in [0.15, 0.2) is 0 Å². The molecule has 44 valence electrons. The molecule has 0 spiro atoms. The van der Waals surface area contributed by atoms with Gasteiger partial charge in [-0.05, 0) is 0 Å². The summed E-state index contributed by atoms with van der Waals surface area (Å²) in [5.74, 6) is 0. The molecular weight excluding hydrogens is 333 g/mol. The van der Waals surface area contributed by atoms with E-state index in [1.807, 2.05) is 0 Å². The first kappa shape index (κ1) is 22.4. The standard InChI is InChI=1S/Li.Mg.H3O4P.Pb.5H/c;;1-5(2,3)4;;;;;;/h;;(H3,1,2,3,4);;;;;;. The molecule has 2 radical (unpaired) electrons. The van der Waals surface area contributed by atoms with Crippen LogP contribution >= 0.6 is 7.82 Å². The third-order valence-corrected chi connectivity index (χ3v) is 0. The molecule has 3 N–H and O–H groups in total. The Morgan fingerprint density at radius 3 is 1.12 bits per heavy atom. The average molecular weight is 341 g/mol. The third-order valence-electron chi connectivity index (χ3n) is 0. The summed E-state index contributed by atoms with van der Waals surface area (Å²) in [7, 11) is -4.64. The summed E-state index contributed by atoms with van der Waals surface area (Å²) in [5, 5.41) is 0. The molecule has 0 aliphatic carbocycles. The molecule has 0 aromatic heterocycles. The molecule has 0 unspecified atom stereocenters.